The van der Waals surface area contributed by atoms with E-state index in [2.05, 4.69) is 4.98 Å². The van der Waals surface area contributed by atoms with Crippen LogP contribution in [0.2, 0.25) is 0 Å². The number of aromatic nitrogens is 2. The molecule has 0 atom stereocenters. The number of benzene rings is 1. The number of fused-ring (bicyclic) bond motifs is 3. The molecule has 1 aromatic heterocycles. The highest BCUT2D eigenvalue weighted by Gasteiger charge is 2.54. The Bertz CT molecular complexity index is 1220. The number of piperidine rings is 1. The summed E-state index contributed by atoms with van der Waals surface area (Å²) in [4.78, 5) is 39.5. The zero-order chi connectivity index (χ0) is 23.6. The van der Waals surface area contributed by atoms with Crippen molar-refractivity contribution < 1.29 is 18.3 Å². The van der Waals surface area contributed by atoms with Gasteiger partial charge in [-0.05, 0) is 31.7 Å². The van der Waals surface area contributed by atoms with Crippen molar-refractivity contribution in [3.05, 3.63) is 45.2 Å². The number of rotatable bonds is 3. The fraction of sp³-hybridized carbons (Fsp3) is 0.542. The molecule has 0 radical (unpaired) electrons. The molecule has 5 heterocycles. The Morgan fingerprint density at radius 1 is 1.18 bits per heavy atom. The molecule has 4 aliphatic heterocycles. The van der Waals surface area contributed by atoms with Crippen LogP contribution in [0.25, 0.3) is 0 Å². The first-order valence-electron chi connectivity index (χ1n) is 11.9. The minimum Gasteiger partial charge on any atom is -0.381 e. The van der Waals surface area contributed by atoms with Gasteiger partial charge < -0.3 is 19.4 Å². The normalized spacial score (nSPS) is 21.6. The summed E-state index contributed by atoms with van der Waals surface area (Å²) in [5.41, 5.74) is 0.157. The molecular weight excluding hydrogens is 444 g/mol. The molecule has 180 valence electrons. The van der Waals surface area contributed by atoms with E-state index in [4.69, 9.17) is 9.72 Å². The number of ether oxygens (including phenoxy) is 1. The zero-order valence-corrected chi connectivity index (χ0v) is 19.1. The van der Waals surface area contributed by atoms with Crippen LogP contribution in [0.3, 0.4) is 0 Å². The second kappa shape index (κ2) is 7.76. The summed E-state index contributed by atoms with van der Waals surface area (Å²) < 4.78 is 34.5. The van der Waals surface area contributed by atoms with Gasteiger partial charge in [0.15, 0.2) is 0 Å². The maximum absolute atomic E-state index is 15.1. The van der Waals surface area contributed by atoms with Gasteiger partial charge >= 0.3 is 0 Å². The van der Waals surface area contributed by atoms with Crippen LogP contribution in [0.5, 0.6) is 0 Å². The van der Waals surface area contributed by atoms with Crippen LogP contribution in [0.15, 0.2) is 16.9 Å². The van der Waals surface area contributed by atoms with E-state index >= 15 is 4.39 Å². The molecule has 0 bridgehead atoms. The molecule has 2 fully saturated rings. The molecule has 1 N–H and O–H groups in total. The molecule has 1 aromatic carbocycles. The maximum Gasteiger partial charge on any atom is 0.257 e. The third kappa shape index (κ3) is 3.14. The van der Waals surface area contributed by atoms with E-state index in [-0.39, 0.29) is 17.4 Å². The van der Waals surface area contributed by atoms with Gasteiger partial charge in [0.05, 0.1) is 29.9 Å². The summed E-state index contributed by atoms with van der Waals surface area (Å²) >= 11 is 0. The lowest BCUT2D eigenvalue weighted by Crippen LogP contribution is -2.51. The predicted molar refractivity (Wildman–Crippen MR) is 123 cm³/mol. The summed E-state index contributed by atoms with van der Waals surface area (Å²) in [6, 6.07) is 2.14. The van der Waals surface area contributed by atoms with Crippen LogP contribution in [-0.2, 0) is 21.4 Å². The van der Waals surface area contributed by atoms with Crippen molar-refractivity contribution in [3.63, 3.8) is 0 Å². The standard InChI is InChI=1S/C24H27F2N5O3/c1-29-6-2-3-16-20(29)27-23(28-21(16)32)30-7-4-24(5-8-30)19-17(26)9-15(25)10-18(19)31(22(24)33)11-14-12-34-13-14/h9-10,14H,2-8,11-13H2,1H3,(H,27,28,32). The molecule has 0 saturated carbocycles. The Labute approximate surface area is 195 Å². The summed E-state index contributed by atoms with van der Waals surface area (Å²) in [5.74, 6) is -0.200. The molecule has 2 saturated heterocycles. The molecule has 2 aromatic rings. The number of aromatic amines is 1. The average molecular weight is 472 g/mol. The Morgan fingerprint density at radius 3 is 2.65 bits per heavy atom. The third-order valence-corrected chi connectivity index (χ3v) is 7.79. The first-order chi connectivity index (χ1) is 16.4. The number of hydrogen-bond acceptors (Lipinski definition) is 6. The van der Waals surface area contributed by atoms with E-state index in [0.29, 0.717) is 80.7 Å². The van der Waals surface area contributed by atoms with Crippen molar-refractivity contribution in [1.82, 2.24) is 9.97 Å². The van der Waals surface area contributed by atoms with Crippen LogP contribution >= 0.6 is 0 Å². The van der Waals surface area contributed by atoms with Crippen LogP contribution in [-0.4, -0.2) is 62.3 Å². The Morgan fingerprint density at radius 2 is 1.94 bits per heavy atom. The number of nitrogens with one attached hydrogen (secondary N) is 1. The van der Waals surface area contributed by atoms with Gasteiger partial charge in [0.25, 0.3) is 5.56 Å². The van der Waals surface area contributed by atoms with Crippen molar-refractivity contribution >= 4 is 23.4 Å². The summed E-state index contributed by atoms with van der Waals surface area (Å²) in [7, 11) is 1.93. The predicted octanol–water partition coefficient (Wildman–Crippen LogP) is 1.96. The van der Waals surface area contributed by atoms with E-state index < -0.39 is 17.0 Å². The number of carbonyl (C=O) groups is 1. The van der Waals surface area contributed by atoms with Gasteiger partial charge in [0.1, 0.15) is 17.5 Å². The topological polar surface area (TPSA) is 81.8 Å². The largest absolute Gasteiger partial charge is 0.381 e. The zero-order valence-electron chi connectivity index (χ0n) is 19.1. The number of amides is 1. The fourth-order valence-corrected chi connectivity index (χ4v) is 5.88. The van der Waals surface area contributed by atoms with Crippen LogP contribution in [0.1, 0.15) is 30.4 Å². The molecule has 4 aliphatic rings. The average Bonchev–Trinajstić information content (AvgIpc) is 2.99. The molecule has 0 aliphatic carbocycles. The number of carbonyl (C=O) groups excluding carboxylic acids is 1. The van der Waals surface area contributed by atoms with Gasteiger partial charge in [-0.2, -0.15) is 4.98 Å². The van der Waals surface area contributed by atoms with Gasteiger partial charge in [-0.1, -0.05) is 0 Å². The maximum atomic E-state index is 15.1. The van der Waals surface area contributed by atoms with E-state index in [0.717, 1.165) is 19.0 Å². The van der Waals surface area contributed by atoms with E-state index in [1.807, 2.05) is 16.8 Å². The molecule has 6 rings (SSSR count). The van der Waals surface area contributed by atoms with Crippen molar-refractivity contribution in [3.8, 4) is 0 Å². The van der Waals surface area contributed by atoms with Crippen molar-refractivity contribution in [2.45, 2.75) is 31.1 Å². The van der Waals surface area contributed by atoms with Gasteiger partial charge in [0.2, 0.25) is 11.9 Å². The van der Waals surface area contributed by atoms with E-state index in [1.165, 1.54) is 6.07 Å². The third-order valence-electron chi connectivity index (χ3n) is 7.79. The number of hydrogen-bond donors (Lipinski definition) is 1. The van der Waals surface area contributed by atoms with Crippen molar-refractivity contribution in [1.29, 1.82) is 0 Å². The summed E-state index contributed by atoms with van der Waals surface area (Å²) in [5, 5.41) is 0. The van der Waals surface area contributed by atoms with Gasteiger partial charge in [-0.15, -0.1) is 0 Å². The van der Waals surface area contributed by atoms with Crippen LogP contribution < -0.4 is 20.3 Å². The van der Waals surface area contributed by atoms with Crippen LogP contribution in [0, 0.1) is 17.6 Å². The Hall–Kier alpha value is -3.01. The SMILES string of the molecule is CN1CCCc2c1nc(N1CCC3(CC1)C(=O)N(CC1COC1)c1cc(F)cc(F)c13)[nH]c2=O. The molecular formula is C24H27F2N5O3. The van der Waals surface area contributed by atoms with Gasteiger partial charge in [-0.25, -0.2) is 8.78 Å². The molecule has 34 heavy (non-hydrogen) atoms. The highest BCUT2D eigenvalue weighted by molar-refractivity contribution is 6.08. The molecule has 1 amide bonds. The van der Waals surface area contributed by atoms with E-state index in [9.17, 15) is 14.0 Å². The monoisotopic (exact) mass is 471 g/mol. The lowest BCUT2D eigenvalue weighted by atomic mass is 9.73. The quantitative estimate of drug-likeness (QED) is 0.737. The van der Waals surface area contributed by atoms with Crippen LogP contribution in [0.4, 0.5) is 26.2 Å². The molecule has 8 nitrogen and oxygen atoms in total. The Balaban J connectivity index is 1.31. The van der Waals surface area contributed by atoms with Gasteiger partial charge in [0, 0.05) is 50.8 Å². The smallest absolute Gasteiger partial charge is 0.257 e. The lowest BCUT2D eigenvalue weighted by molar-refractivity contribution is -0.124. The minimum atomic E-state index is -1.04. The fourth-order valence-electron chi connectivity index (χ4n) is 5.88. The molecule has 10 heteroatoms. The molecule has 1 spiro atoms. The molecule has 0 unspecified atom stereocenters. The number of anilines is 3. The minimum absolute atomic E-state index is 0.135. The number of H-pyrrole nitrogens is 1. The summed E-state index contributed by atoms with van der Waals surface area (Å²) in [6.45, 7) is 3.18. The second-order valence-corrected chi connectivity index (χ2v) is 9.89. The first kappa shape index (κ1) is 21.5. The lowest BCUT2D eigenvalue weighted by Gasteiger charge is -2.39. The summed E-state index contributed by atoms with van der Waals surface area (Å²) in [6.07, 6.45) is 2.33. The first-order valence-corrected chi connectivity index (χ1v) is 11.9. The second-order valence-electron chi connectivity index (χ2n) is 9.89. The highest BCUT2D eigenvalue weighted by Crippen LogP contribution is 2.50. The number of halogens is 2. The van der Waals surface area contributed by atoms with Crippen molar-refractivity contribution in [2.24, 2.45) is 5.92 Å². The highest BCUT2D eigenvalue weighted by atomic mass is 19.1. The van der Waals surface area contributed by atoms with E-state index in [1.54, 1.807) is 4.90 Å². The number of nitrogens with zero attached hydrogens (tertiary/aromatic N) is 4. The van der Waals surface area contributed by atoms with Gasteiger partial charge in [-0.3, -0.25) is 14.6 Å². The Kier molecular flexibility index (Phi) is 4.91. The van der Waals surface area contributed by atoms with Crippen molar-refractivity contribution in [2.75, 3.05) is 61.1 Å².